The Hall–Kier alpha value is -7.74. The molecule has 0 amide bonds. The Morgan fingerprint density at radius 3 is 1.40 bits per heavy atom. The Balaban J connectivity index is 1.10. The maximum Gasteiger partial charge on any atom is 0.0543 e. The Bertz CT molecular complexity index is 3740. The third kappa shape index (κ3) is 5.03. The monoisotopic (exact) mass is 787 g/mol. The van der Waals surface area contributed by atoms with Crippen LogP contribution in [0.5, 0.6) is 0 Å². The molecule has 0 fully saturated rings. The molecule has 1 aliphatic carbocycles. The molecule has 1 nitrogen and oxygen atoms in total. The van der Waals surface area contributed by atoms with E-state index in [9.17, 15) is 0 Å². The van der Waals surface area contributed by atoms with Crippen LogP contribution in [0.2, 0.25) is 0 Å². The number of benzene rings is 11. The zero-order chi connectivity index (χ0) is 41.1. The van der Waals surface area contributed by atoms with E-state index in [0.717, 1.165) is 11.4 Å². The van der Waals surface area contributed by atoms with Gasteiger partial charge in [0.25, 0.3) is 0 Å². The van der Waals surface area contributed by atoms with Crippen molar-refractivity contribution in [3.63, 3.8) is 0 Å². The highest BCUT2D eigenvalue weighted by atomic mass is 15.1. The van der Waals surface area contributed by atoms with Crippen molar-refractivity contribution in [1.82, 2.24) is 0 Å². The number of nitrogens with zero attached hydrogens (tertiary/aromatic N) is 1. The van der Waals surface area contributed by atoms with Crippen LogP contribution in [0.3, 0.4) is 0 Å². The Labute approximate surface area is 361 Å². The maximum atomic E-state index is 2.53. The van der Waals surface area contributed by atoms with Crippen molar-refractivity contribution < 1.29 is 0 Å². The van der Waals surface area contributed by atoms with Gasteiger partial charge in [-0.15, -0.1) is 0 Å². The zero-order valence-corrected chi connectivity index (χ0v) is 34.7. The summed E-state index contributed by atoms with van der Waals surface area (Å²) in [4.78, 5) is 2.53. The molecular weight excluding hydrogens is 747 g/mol. The van der Waals surface area contributed by atoms with Gasteiger partial charge in [0.05, 0.1) is 5.69 Å². The number of rotatable bonds is 5. The van der Waals surface area contributed by atoms with Gasteiger partial charge < -0.3 is 4.90 Å². The smallest absolute Gasteiger partial charge is 0.0543 e. The predicted octanol–water partition coefficient (Wildman–Crippen LogP) is 17.2. The molecule has 12 aromatic rings. The minimum atomic E-state index is -0.133. The second kappa shape index (κ2) is 13.1. The molecule has 0 radical (unpaired) electrons. The zero-order valence-electron chi connectivity index (χ0n) is 34.7. The first-order chi connectivity index (χ1) is 30.5. The summed E-state index contributed by atoms with van der Waals surface area (Å²) in [6.45, 7) is 4.75. The van der Waals surface area contributed by atoms with Crippen molar-refractivity contribution in [2.75, 3.05) is 4.90 Å². The Morgan fingerprint density at radius 1 is 0.323 bits per heavy atom. The normalized spacial score (nSPS) is 13.1. The van der Waals surface area contributed by atoms with E-state index in [0.29, 0.717) is 0 Å². The first-order valence-corrected chi connectivity index (χ1v) is 21.8. The third-order valence-corrected chi connectivity index (χ3v) is 13.9. The molecule has 0 saturated heterocycles. The van der Waals surface area contributed by atoms with Crippen molar-refractivity contribution in [2.45, 2.75) is 19.3 Å². The van der Waals surface area contributed by atoms with Crippen LogP contribution < -0.4 is 4.90 Å². The second-order valence-corrected chi connectivity index (χ2v) is 17.6. The van der Waals surface area contributed by atoms with Crippen LogP contribution in [-0.2, 0) is 5.41 Å². The summed E-state index contributed by atoms with van der Waals surface area (Å²) in [6.07, 6.45) is 0. The quantitative estimate of drug-likeness (QED) is 0.157. The molecule has 0 bridgehead atoms. The third-order valence-electron chi connectivity index (χ3n) is 13.9. The summed E-state index contributed by atoms with van der Waals surface area (Å²) in [7, 11) is 0. The van der Waals surface area contributed by atoms with Crippen molar-refractivity contribution >= 4 is 81.7 Å². The summed E-state index contributed by atoms with van der Waals surface area (Å²) in [5.74, 6) is 0. The molecule has 0 saturated carbocycles. The molecule has 0 aliphatic heterocycles. The molecule has 62 heavy (non-hydrogen) atoms. The maximum absolute atomic E-state index is 2.53. The fraction of sp³-hybridized carbons (Fsp3) is 0.0492. The van der Waals surface area contributed by atoms with Crippen molar-refractivity contribution in [3.8, 4) is 33.4 Å². The van der Waals surface area contributed by atoms with Gasteiger partial charge in [-0.3, -0.25) is 0 Å². The van der Waals surface area contributed by atoms with Gasteiger partial charge in [0.2, 0.25) is 0 Å². The summed E-state index contributed by atoms with van der Waals surface area (Å²) in [5.41, 5.74) is 13.5. The van der Waals surface area contributed by atoms with Crippen LogP contribution in [0, 0.1) is 0 Å². The van der Waals surface area contributed by atoms with E-state index >= 15 is 0 Å². The van der Waals surface area contributed by atoms with Gasteiger partial charge in [0, 0.05) is 22.4 Å². The predicted molar refractivity (Wildman–Crippen MR) is 266 cm³/mol. The highest BCUT2D eigenvalue weighted by Gasteiger charge is 2.37. The van der Waals surface area contributed by atoms with E-state index in [1.54, 1.807) is 0 Å². The lowest BCUT2D eigenvalue weighted by Crippen LogP contribution is -2.16. The van der Waals surface area contributed by atoms with Crippen molar-refractivity contribution in [1.29, 1.82) is 0 Å². The largest absolute Gasteiger partial charge is 0.310 e. The molecule has 0 unspecified atom stereocenters. The van der Waals surface area contributed by atoms with E-state index in [1.807, 2.05) is 0 Å². The van der Waals surface area contributed by atoms with Crippen LogP contribution in [0.25, 0.3) is 98.0 Å². The molecular formula is C61H41N. The molecule has 0 aromatic heterocycles. The molecule has 0 heterocycles. The van der Waals surface area contributed by atoms with Crippen LogP contribution in [0.1, 0.15) is 25.0 Å². The number of hydrogen-bond donors (Lipinski definition) is 0. The first kappa shape index (κ1) is 35.1. The van der Waals surface area contributed by atoms with Gasteiger partial charge in [0.1, 0.15) is 0 Å². The summed E-state index contributed by atoms with van der Waals surface area (Å²) < 4.78 is 0. The molecule has 1 heteroatoms. The minimum absolute atomic E-state index is 0.133. The molecule has 12 aromatic carbocycles. The Kier molecular flexibility index (Phi) is 7.42. The van der Waals surface area contributed by atoms with Gasteiger partial charge in [-0.05, 0) is 134 Å². The first-order valence-electron chi connectivity index (χ1n) is 21.8. The fourth-order valence-corrected chi connectivity index (χ4v) is 11.0. The van der Waals surface area contributed by atoms with Crippen LogP contribution in [0.4, 0.5) is 17.1 Å². The van der Waals surface area contributed by atoms with E-state index in [2.05, 4.69) is 231 Å². The molecule has 0 atom stereocenters. The van der Waals surface area contributed by atoms with E-state index < -0.39 is 0 Å². The lowest BCUT2D eigenvalue weighted by atomic mass is 9.82. The SMILES string of the molecule is CC1(C)c2ccccc2-c2c(N(c3ccc(-c4ccc(-c5ccccc5)cc4)cc3)c3cc4ccc5cccc6c7cccc8ccc9cccc(c(c3)c4c56)c9c87)cccc21. The number of hydrogen-bond acceptors (Lipinski definition) is 1. The van der Waals surface area contributed by atoms with Gasteiger partial charge in [0.15, 0.2) is 0 Å². The van der Waals surface area contributed by atoms with Gasteiger partial charge >= 0.3 is 0 Å². The second-order valence-electron chi connectivity index (χ2n) is 17.6. The molecule has 1 aliphatic rings. The van der Waals surface area contributed by atoms with Crippen molar-refractivity contribution in [2.24, 2.45) is 0 Å². The van der Waals surface area contributed by atoms with Crippen LogP contribution in [-0.4, -0.2) is 0 Å². The van der Waals surface area contributed by atoms with E-state index in [-0.39, 0.29) is 5.41 Å². The highest BCUT2D eigenvalue weighted by Crippen LogP contribution is 2.55. The molecule has 0 N–H and O–H groups in total. The molecule has 0 spiro atoms. The fourth-order valence-electron chi connectivity index (χ4n) is 11.0. The highest BCUT2D eigenvalue weighted by molar-refractivity contribution is 6.37. The lowest BCUT2D eigenvalue weighted by Gasteiger charge is -2.30. The van der Waals surface area contributed by atoms with Gasteiger partial charge in [-0.1, -0.05) is 196 Å². The lowest BCUT2D eigenvalue weighted by molar-refractivity contribution is 0.660. The van der Waals surface area contributed by atoms with Crippen LogP contribution >= 0.6 is 0 Å². The summed E-state index contributed by atoms with van der Waals surface area (Å²) >= 11 is 0. The van der Waals surface area contributed by atoms with Crippen molar-refractivity contribution in [3.05, 3.63) is 223 Å². The van der Waals surface area contributed by atoms with E-state index in [1.165, 1.54) is 115 Å². The average Bonchev–Trinajstić information content (AvgIpc) is 3.57. The van der Waals surface area contributed by atoms with Crippen LogP contribution in [0.15, 0.2) is 212 Å². The summed E-state index contributed by atoms with van der Waals surface area (Å²) in [6, 6.07) is 79.4. The average molecular weight is 788 g/mol. The Morgan fingerprint density at radius 2 is 0.790 bits per heavy atom. The summed E-state index contributed by atoms with van der Waals surface area (Å²) in [5, 5.41) is 15.4. The molecule has 290 valence electrons. The molecule has 13 rings (SSSR count). The van der Waals surface area contributed by atoms with E-state index in [4.69, 9.17) is 0 Å². The van der Waals surface area contributed by atoms with Gasteiger partial charge in [-0.25, -0.2) is 0 Å². The van der Waals surface area contributed by atoms with Gasteiger partial charge in [-0.2, -0.15) is 0 Å². The number of anilines is 3. The number of fused-ring (bicyclic) bond motifs is 5. The standard InChI is InChI=1S/C61H41N/c1-61(2)53-21-7-6-17-51(53)60-54(61)22-11-23-55(60)62(46-34-32-41(33-35-46)40-26-24-39(25-27-40)38-12-4-3-5-13-38)47-36-45-31-30-44-15-9-19-49-48-18-8-14-42-28-29-43-16-10-20-50(58(43)56(42)48)52(37-47)59(45)57(44)49/h3-37H,1-2H3. The minimum Gasteiger partial charge on any atom is -0.310 e. The topological polar surface area (TPSA) is 3.24 Å².